The van der Waals surface area contributed by atoms with Crippen LogP contribution in [0.15, 0.2) is 29.2 Å². The van der Waals surface area contributed by atoms with Gasteiger partial charge in [0, 0.05) is 7.05 Å². The maximum atomic E-state index is 11.5. The lowest BCUT2D eigenvalue weighted by Crippen LogP contribution is -1.99. The highest BCUT2D eigenvalue weighted by Gasteiger charge is 2.13. The zero-order valence-corrected chi connectivity index (χ0v) is 6.97. The van der Waals surface area contributed by atoms with E-state index in [1.165, 1.54) is 17.2 Å². The van der Waals surface area contributed by atoms with Gasteiger partial charge in [0.15, 0.2) is 5.69 Å². The van der Waals surface area contributed by atoms with Gasteiger partial charge in [-0.3, -0.25) is 9.48 Å². The molecule has 2 aromatic rings. The Bertz CT molecular complexity index is 416. The number of carbonyl (C=O) groups is 1. The van der Waals surface area contributed by atoms with Crippen molar-refractivity contribution >= 4 is 5.78 Å². The predicted octanol–water partition coefficient (Wildman–Crippen LogP) is 0.639. The summed E-state index contributed by atoms with van der Waals surface area (Å²) in [7, 11) is 1.71. The minimum Gasteiger partial charge on any atom is -0.472 e. The Morgan fingerprint density at radius 2 is 2.46 bits per heavy atom. The molecule has 0 N–H and O–H groups in total. The molecule has 0 radical (unpaired) electrons. The second-order valence-electron chi connectivity index (χ2n) is 2.62. The Morgan fingerprint density at radius 3 is 3.00 bits per heavy atom. The summed E-state index contributed by atoms with van der Waals surface area (Å²) in [4.78, 5) is 11.5. The van der Waals surface area contributed by atoms with Crippen molar-refractivity contribution in [2.75, 3.05) is 0 Å². The topological polar surface area (TPSA) is 60.9 Å². The smallest absolute Gasteiger partial charge is 0.218 e. The third-order valence-corrected chi connectivity index (χ3v) is 1.62. The van der Waals surface area contributed by atoms with Crippen molar-refractivity contribution in [3.8, 4) is 0 Å². The minimum atomic E-state index is -0.179. The van der Waals surface area contributed by atoms with Crippen LogP contribution < -0.4 is 0 Å². The quantitative estimate of drug-likeness (QED) is 0.631. The number of aromatic nitrogens is 3. The van der Waals surface area contributed by atoms with Gasteiger partial charge >= 0.3 is 0 Å². The fourth-order valence-electron chi connectivity index (χ4n) is 0.993. The molecule has 2 aromatic heterocycles. The summed E-state index contributed by atoms with van der Waals surface area (Å²) in [6, 6.07) is 1.59. The molecule has 13 heavy (non-hydrogen) atoms. The average Bonchev–Trinajstić information content (AvgIpc) is 2.72. The summed E-state index contributed by atoms with van der Waals surface area (Å²) in [5.41, 5.74) is 0.810. The first-order valence-corrected chi connectivity index (χ1v) is 3.70. The molecule has 2 rings (SSSR count). The highest BCUT2D eigenvalue weighted by Crippen LogP contribution is 2.06. The molecule has 66 valence electrons. The van der Waals surface area contributed by atoms with E-state index in [1.54, 1.807) is 19.3 Å². The number of furan rings is 1. The van der Waals surface area contributed by atoms with Crippen molar-refractivity contribution in [2.45, 2.75) is 0 Å². The third-order valence-electron chi connectivity index (χ3n) is 1.62. The first-order chi connectivity index (χ1) is 6.27. The largest absolute Gasteiger partial charge is 0.472 e. The molecule has 0 aromatic carbocycles. The number of hydrogen-bond donors (Lipinski definition) is 0. The lowest BCUT2D eigenvalue weighted by molar-refractivity contribution is 0.103. The van der Waals surface area contributed by atoms with E-state index in [-0.39, 0.29) is 5.78 Å². The lowest BCUT2D eigenvalue weighted by Gasteiger charge is -1.87. The van der Waals surface area contributed by atoms with Gasteiger partial charge in [-0.15, -0.1) is 5.10 Å². The Morgan fingerprint density at radius 1 is 1.62 bits per heavy atom. The maximum Gasteiger partial charge on any atom is 0.218 e. The highest BCUT2D eigenvalue weighted by atomic mass is 16.3. The SMILES string of the molecule is Cn1cc(C(=O)c2ccoc2)nn1. The van der Waals surface area contributed by atoms with Crippen LogP contribution in [0.1, 0.15) is 16.1 Å². The van der Waals surface area contributed by atoms with E-state index < -0.39 is 0 Å². The van der Waals surface area contributed by atoms with E-state index >= 15 is 0 Å². The van der Waals surface area contributed by atoms with Crippen LogP contribution in [0.3, 0.4) is 0 Å². The highest BCUT2D eigenvalue weighted by molar-refractivity contribution is 6.07. The molecule has 0 unspecified atom stereocenters. The summed E-state index contributed by atoms with van der Waals surface area (Å²) in [5.74, 6) is -0.179. The molecule has 0 aliphatic heterocycles. The van der Waals surface area contributed by atoms with E-state index in [0.717, 1.165) is 0 Å². The van der Waals surface area contributed by atoms with Crippen LogP contribution >= 0.6 is 0 Å². The molecule has 0 atom stereocenters. The van der Waals surface area contributed by atoms with Gasteiger partial charge in [-0.1, -0.05) is 5.21 Å². The maximum absolute atomic E-state index is 11.5. The molecule has 0 fully saturated rings. The predicted molar refractivity (Wildman–Crippen MR) is 43.1 cm³/mol. The van der Waals surface area contributed by atoms with Crippen molar-refractivity contribution < 1.29 is 9.21 Å². The summed E-state index contributed by atoms with van der Waals surface area (Å²) >= 11 is 0. The zero-order valence-electron chi connectivity index (χ0n) is 6.97. The zero-order chi connectivity index (χ0) is 9.26. The van der Waals surface area contributed by atoms with Crippen LogP contribution in [0, 0.1) is 0 Å². The second kappa shape index (κ2) is 2.85. The van der Waals surface area contributed by atoms with Crippen LogP contribution in [0.2, 0.25) is 0 Å². The number of carbonyl (C=O) groups excluding carboxylic acids is 1. The third kappa shape index (κ3) is 1.35. The minimum absolute atomic E-state index is 0.179. The Kier molecular flexibility index (Phi) is 1.70. The van der Waals surface area contributed by atoms with Crippen molar-refractivity contribution in [3.63, 3.8) is 0 Å². The first-order valence-electron chi connectivity index (χ1n) is 3.70. The molecule has 0 aliphatic carbocycles. The fourth-order valence-corrected chi connectivity index (χ4v) is 0.993. The standard InChI is InChI=1S/C8H7N3O2/c1-11-4-7(9-10-11)8(12)6-2-3-13-5-6/h2-5H,1H3. The summed E-state index contributed by atoms with van der Waals surface area (Å²) in [6.07, 6.45) is 4.40. The molecule has 0 saturated carbocycles. The average molecular weight is 177 g/mol. The van der Waals surface area contributed by atoms with Crippen molar-refractivity contribution in [1.82, 2.24) is 15.0 Å². The molecule has 0 amide bonds. The van der Waals surface area contributed by atoms with Gasteiger partial charge in [0.25, 0.3) is 0 Å². The van der Waals surface area contributed by atoms with E-state index in [4.69, 9.17) is 4.42 Å². The van der Waals surface area contributed by atoms with Crippen LogP contribution in [0.5, 0.6) is 0 Å². The van der Waals surface area contributed by atoms with Crippen molar-refractivity contribution in [1.29, 1.82) is 0 Å². The number of ketones is 1. The van der Waals surface area contributed by atoms with Crippen molar-refractivity contribution in [2.24, 2.45) is 7.05 Å². The monoisotopic (exact) mass is 177 g/mol. The van der Waals surface area contributed by atoms with E-state index in [2.05, 4.69) is 10.3 Å². The van der Waals surface area contributed by atoms with Gasteiger partial charge < -0.3 is 4.42 Å². The Labute approximate surface area is 74.0 Å². The first kappa shape index (κ1) is 7.72. The van der Waals surface area contributed by atoms with Gasteiger partial charge in [0.05, 0.1) is 18.0 Å². The number of nitrogens with zero attached hydrogens (tertiary/aromatic N) is 3. The van der Waals surface area contributed by atoms with Crippen LogP contribution in [-0.2, 0) is 7.05 Å². The Hall–Kier alpha value is -1.91. The molecule has 0 bridgehead atoms. The molecule has 0 aliphatic rings. The van der Waals surface area contributed by atoms with Gasteiger partial charge in [0.2, 0.25) is 5.78 Å². The van der Waals surface area contributed by atoms with Gasteiger partial charge in [-0.05, 0) is 6.07 Å². The van der Waals surface area contributed by atoms with E-state index in [9.17, 15) is 4.79 Å². The molecule has 0 spiro atoms. The lowest BCUT2D eigenvalue weighted by atomic mass is 10.2. The molecule has 5 nitrogen and oxygen atoms in total. The molecular formula is C8H7N3O2. The number of rotatable bonds is 2. The number of aryl methyl sites for hydroxylation is 1. The molecular weight excluding hydrogens is 170 g/mol. The summed E-state index contributed by atoms with van der Waals surface area (Å²) in [6.45, 7) is 0. The van der Waals surface area contributed by atoms with Gasteiger partial charge in [0.1, 0.15) is 6.26 Å². The van der Waals surface area contributed by atoms with Crippen LogP contribution in [-0.4, -0.2) is 20.8 Å². The van der Waals surface area contributed by atoms with Gasteiger partial charge in [-0.2, -0.15) is 0 Å². The molecule has 0 saturated heterocycles. The second-order valence-corrected chi connectivity index (χ2v) is 2.62. The number of hydrogen-bond acceptors (Lipinski definition) is 4. The Balaban J connectivity index is 2.33. The van der Waals surface area contributed by atoms with E-state index in [1.807, 2.05) is 0 Å². The normalized spacial score (nSPS) is 10.2. The molecule has 2 heterocycles. The summed E-state index contributed by atoms with van der Waals surface area (Å²) < 4.78 is 6.27. The van der Waals surface area contributed by atoms with Crippen molar-refractivity contribution in [3.05, 3.63) is 36.0 Å². The van der Waals surface area contributed by atoms with Crippen LogP contribution in [0.25, 0.3) is 0 Å². The fraction of sp³-hybridized carbons (Fsp3) is 0.125. The van der Waals surface area contributed by atoms with E-state index in [0.29, 0.717) is 11.3 Å². The van der Waals surface area contributed by atoms with Crippen LogP contribution in [0.4, 0.5) is 0 Å². The molecule has 5 heteroatoms. The summed E-state index contributed by atoms with van der Waals surface area (Å²) in [5, 5.41) is 7.36. The van der Waals surface area contributed by atoms with Gasteiger partial charge in [-0.25, -0.2) is 0 Å².